The maximum absolute atomic E-state index is 12.5. The number of carboxylic acids is 1. The predicted octanol–water partition coefficient (Wildman–Crippen LogP) is 0.656. The molecule has 1 rings (SSSR count). The van der Waals surface area contributed by atoms with Crippen molar-refractivity contribution >= 4 is 21.8 Å². The Kier molecular flexibility index (Phi) is 5.61. The normalized spacial score (nSPS) is 22.9. The molecule has 0 saturated carbocycles. The summed E-state index contributed by atoms with van der Waals surface area (Å²) in [6.45, 7) is 5.94. The second-order valence-corrected chi connectivity index (χ2v) is 8.17. The average molecular weight is 320 g/mol. The third-order valence-corrected chi connectivity index (χ3v) is 5.76. The van der Waals surface area contributed by atoms with E-state index in [1.807, 2.05) is 20.8 Å². The molecule has 7 nitrogen and oxygen atoms in total. The minimum atomic E-state index is -3.28. The van der Waals surface area contributed by atoms with Gasteiger partial charge in [0, 0.05) is 19.6 Å². The van der Waals surface area contributed by atoms with Crippen LogP contribution in [0.3, 0.4) is 0 Å². The molecule has 1 heterocycles. The Hall–Kier alpha value is -1.31. The summed E-state index contributed by atoms with van der Waals surface area (Å²) in [5.41, 5.74) is 0. The van der Waals surface area contributed by atoms with E-state index < -0.39 is 21.8 Å². The van der Waals surface area contributed by atoms with Gasteiger partial charge in [-0.05, 0) is 12.8 Å². The van der Waals surface area contributed by atoms with Crippen LogP contribution in [0.1, 0.15) is 27.2 Å². The van der Waals surface area contributed by atoms with E-state index >= 15 is 0 Å². The van der Waals surface area contributed by atoms with Gasteiger partial charge in [0.1, 0.15) is 0 Å². The number of carboxylic acid groups (broad SMARTS) is 1. The van der Waals surface area contributed by atoms with E-state index in [0.29, 0.717) is 0 Å². The van der Waals surface area contributed by atoms with Crippen molar-refractivity contribution in [3.63, 3.8) is 0 Å². The molecule has 1 N–H and O–H groups in total. The van der Waals surface area contributed by atoms with Crippen LogP contribution in [-0.2, 0) is 14.6 Å². The molecule has 0 bridgehead atoms. The summed E-state index contributed by atoms with van der Waals surface area (Å²) in [7, 11) is -1.62. The predicted molar refractivity (Wildman–Crippen MR) is 78.9 cm³/mol. The molecule has 1 saturated heterocycles. The second kappa shape index (κ2) is 6.64. The quantitative estimate of drug-likeness (QED) is 0.821. The monoisotopic (exact) mass is 320 g/mol. The van der Waals surface area contributed by atoms with Crippen molar-refractivity contribution in [2.45, 2.75) is 39.3 Å². The van der Waals surface area contributed by atoms with E-state index in [0.717, 1.165) is 0 Å². The van der Waals surface area contributed by atoms with E-state index in [-0.39, 0.29) is 42.5 Å². The first-order chi connectivity index (χ1) is 9.55. The molecule has 2 unspecified atom stereocenters. The lowest BCUT2D eigenvalue weighted by molar-refractivity contribution is -0.138. The van der Waals surface area contributed by atoms with E-state index in [4.69, 9.17) is 5.11 Å². The molecule has 21 heavy (non-hydrogen) atoms. The van der Waals surface area contributed by atoms with Crippen LogP contribution in [0, 0.1) is 5.92 Å². The lowest BCUT2D eigenvalue weighted by Crippen LogP contribution is -2.57. The first-order valence-electron chi connectivity index (χ1n) is 7.01. The number of carbonyl (C=O) groups is 2. The minimum absolute atomic E-state index is 0.0125. The average Bonchev–Trinajstić information content (AvgIpc) is 2.34. The van der Waals surface area contributed by atoms with Crippen LogP contribution in [-0.4, -0.2) is 72.5 Å². The largest absolute Gasteiger partial charge is 0.481 e. The third kappa shape index (κ3) is 4.59. The van der Waals surface area contributed by atoms with Crippen LogP contribution in [0.25, 0.3) is 0 Å². The smallest absolute Gasteiger partial charge is 0.320 e. The fourth-order valence-corrected chi connectivity index (χ4v) is 3.86. The van der Waals surface area contributed by atoms with E-state index in [1.165, 1.54) is 4.90 Å². The van der Waals surface area contributed by atoms with Gasteiger partial charge in [-0.2, -0.15) is 0 Å². The number of rotatable bonds is 4. The number of aliphatic carboxylic acids is 1. The highest BCUT2D eigenvalue weighted by Crippen LogP contribution is 2.19. The molecule has 0 radical (unpaired) electrons. The standard InChI is InChI=1S/C13H24N2O5S/c1-9(2)10(3)14(4)13(18)15-5-6-21(19,20)8-11(15)7-12(16)17/h9-11H,5-8H2,1-4H3,(H,16,17). The SMILES string of the molecule is CC(C)C(C)N(C)C(=O)N1CCS(=O)(=O)CC1CC(=O)O. The van der Waals surface area contributed by atoms with Crippen molar-refractivity contribution in [2.75, 3.05) is 25.1 Å². The van der Waals surface area contributed by atoms with Crippen LogP contribution in [0.15, 0.2) is 0 Å². The number of hydrogen-bond acceptors (Lipinski definition) is 4. The third-order valence-electron chi connectivity index (χ3n) is 4.06. The number of urea groups is 1. The summed E-state index contributed by atoms with van der Waals surface area (Å²) in [6, 6.07) is -1.12. The van der Waals surface area contributed by atoms with Crippen molar-refractivity contribution in [3.05, 3.63) is 0 Å². The molecular weight excluding hydrogens is 296 g/mol. The highest BCUT2D eigenvalue weighted by atomic mass is 32.2. The first kappa shape index (κ1) is 17.7. The van der Waals surface area contributed by atoms with Gasteiger partial charge in [0.15, 0.2) is 9.84 Å². The molecule has 0 aromatic rings. The Balaban J connectivity index is 2.92. The van der Waals surface area contributed by atoms with E-state index in [1.54, 1.807) is 11.9 Å². The van der Waals surface area contributed by atoms with Crippen LogP contribution in [0.4, 0.5) is 4.79 Å². The van der Waals surface area contributed by atoms with Gasteiger partial charge in [0.05, 0.1) is 24.0 Å². The molecule has 0 aliphatic carbocycles. The van der Waals surface area contributed by atoms with Crippen LogP contribution < -0.4 is 0 Å². The molecule has 8 heteroatoms. The molecular formula is C13H24N2O5S. The maximum Gasteiger partial charge on any atom is 0.320 e. The highest BCUT2D eigenvalue weighted by molar-refractivity contribution is 7.91. The zero-order chi connectivity index (χ0) is 16.4. The van der Waals surface area contributed by atoms with Crippen molar-refractivity contribution in [1.29, 1.82) is 0 Å². The Morgan fingerprint density at radius 3 is 2.38 bits per heavy atom. The molecule has 2 atom stereocenters. The molecule has 0 aromatic heterocycles. The second-order valence-electron chi connectivity index (χ2n) is 5.94. The van der Waals surface area contributed by atoms with E-state index in [9.17, 15) is 18.0 Å². The fourth-order valence-electron chi connectivity index (χ4n) is 2.33. The molecule has 1 aliphatic heterocycles. The number of hydrogen-bond donors (Lipinski definition) is 1. The zero-order valence-corrected chi connectivity index (χ0v) is 13.8. The molecule has 2 amide bonds. The summed E-state index contributed by atoms with van der Waals surface area (Å²) >= 11 is 0. The van der Waals surface area contributed by atoms with Gasteiger partial charge in [-0.15, -0.1) is 0 Å². The van der Waals surface area contributed by atoms with Gasteiger partial charge >= 0.3 is 12.0 Å². The molecule has 0 aromatic carbocycles. The van der Waals surface area contributed by atoms with Gasteiger partial charge < -0.3 is 14.9 Å². The van der Waals surface area contributed by atoms with Crippen molar-refractivity contribution in [2.24, 2.45) is 5.92 Å². The highest BCUT2D eigenvalue weighted by Gasteiger charge is 2.37. The van der Waals surface area contributed by atoms with Crippen molar-refractivity contribution in [3.8, 4) is 0 Å². The van der Waals surface area contributed by atoms with Crippen LogP contribution in [0.5, 0.6) is 0 Å². The van der Waals surface area contributed by atoms with Gasteiger partial charge in [-0.25, -0.2) is 13.2 Å². The summed E-state index contributed by atoms with van der Waals surface area (Å²) < 4.78 is 23.4. The summed E-state index contributed by atoms with van der Waals surface area (Å²) in [4.78, 5) is 26.4. The lowest BCUT2D eigenvalue weighted by Gasteiger charge is -2.39. The summed E-state index contributed by atoms with van der Waals surface area (Å²) in [6.07, 6.45) is -0.352. The number of carbonyl (C=O) groups excluding carboxylic acids is 1. The fraction of sp³-hybridized carbons (Fsp3) is 0.846. The minimum Gasteiger partial charge on any atom is -0.481 e. The number of nitrogens with zero attached hydrogens (tertiary/aromatic N) is 2. The zero-order valence-electron chi connectivity index (χ0n) is 12.9. The van der Waals surface area contributed by atoms with E-state index in [2.05, 4.69) is 0 Å². The Bertz CT molecular complexity index is 503. The molecule has 0 spiro atoms. The van der Waals surface area contributed by atoms with Gasteiger partial charge in [0.25, 0.3) is 0 Å². The van der Waals surface area contributed by atoms with Gasteiger partial charge in [-0.3, -0.25) is 4.79 Å². The van der Waals surface area contributed by atoms with Gasteiger partial charge in [0.2, 0.25) is 0 Å². The Morgan fingerprint density at radius 2 is 1.90 bits per heavy atom. The molecule has 1 fully saturated rings. The lowest BCUT2D eigenvalue weighted by atomic mass is 10.1. The summed E-state index contributed by atoms with van der Waals surface area (Å²) in [5.74, 6) is -1.24. The number of amides is 2. The van der Waals surface area contributed by atoms with Crippen LogP contribution >= 0.6 is 0 Å². The summed E-state index contributed by atoms with van der Waals surface area (Å²) in [5, 5.41) is 8.93. The first-order valence-corrected chi connectivity index (χ1v) is 8.83. The molecule has 1 aliphatic rings. The Labute approximate surface area is 125 Å². The number of sulfone groups is 1. The Morgan fingerprint density at radius 1 is 1.33 bits per heavy atom. The maximum atomic E-state index is 12.5. The van der Waals surface area contributed by atoms with Crippen LogP contribution in [0.2, 0.25) is 0 Å². The van der Waals surface area contributed by atoms with Crippen molar-refractivity contribution in [1.82, 2.24) is 9.80 Å². The topological polar surface area (TPSA) is 95.0 Å². The van der Waals surface area contributed by atoms with Crippen molar-refractivity contribution < 1.29 is 23.1 Å². The molecule has 122 valence electrons. The van der Waals surface area contributed by atoms with Gasteiger partial charge in [-0.1, -0.05) is 13.8 Å².